The smallest absolute Gasteiger partial charge is 0.173 e. The van der Waals surface area contributed by atoms with Gasteiger partial charge >= 0.3 is 0 Å². The molecule has 1 nitrogen and oxygen atoms in total. The first-order chi connectivity index (χ1) is 4.31. The van der Waals surface area contributed by atoms with Crippen molar-refractivity contribution < 1.29 is 4.43 Å². The Labute approximate surface area is 62.1 Å². The fraction of sp³-hybridized carbons (Fsp3) is 1.00. The van der Waals surface area contributed by atoms with Crippen molar-refractivity contribution in [3.8, 4) is 0 Å². The summed E-state index contributed by atoms with van der Waals surface area (Å²) in [7, 11) is 2.01. The highest BCUT2D eigenvalue weighted by Crippen LogP contribution is 2.00. The summed E-state index contributed by atoms with van der Waals surface area (Å²) in [6, 6.07) is 1.33. The van der Waals surface area contributed by atoms with Crippen molar-refractivity contribution in [1.82, 2.24) is 0 Å². The Balaban J connectivity index is 2.95. The lowest BCUT2D eigenvalue weighted by Gasteiger charge is -2.07. The lowest BCUT2D eigenvalue weighted by Crippen LogP contribution is -2.12. The number of rotatable bonds is 5. The molecule has 9 heavy (non-hydrogen) atoms. The minimum absolute atomic E-state index is 0.733. The van der Waals surface area contributed by atoms with Crippen molar-refractivity contribution in [2.24, 2.45) is 0 Å². The van der Waals surface area contributed by atoms with Gasteiger partial charge in [-0.05, 0) is 25.7 Å². The molecule has 0 radical (unpaired) electrons. The molecule has 0 aliphatic carbocycles. The molecule has 0 spiro atoms. The van der Waals surface area contributed by atoms with Crippen LogP contribution < -0.4 is 0 Å². The van der Waals surface area contributed by atoms with Crippen LogP contribution in [0.25, 0.3) is 0 Å². The summed E-state index contributed by atoms with van der Waals surface area (Å²) in [6.45, 7) is 5.25. The Hall–Kier alpha value is 0.607. The molecule has 3 heteroatoms. The van der Waals surface area contributed by atoms with Gasteiger partial charge in [-0.2, -0.15) is 0 Å². The largest absolute Gasteiger partial charge is 0.421 e. The van der Waals surface area contributed by atoms with E-state index in [1.54, 1.807) is 0 Å². The van der Waals surface area contributed by atoms with Crippen LogP contribution >= 0.6 is 9.24 Å². The quantitative estimate of drug-likeness (QED) is 0.443. The average Bonchev–Trinajstić information content (AvgIpc) is 1.85. The number of hydrogen-bond donors (Lipinski definition) is 0. The van der Waals surface area contributed by atoms with Crippen LogP contribution in [0.15, 0.2) is 0 Å². The topological polar surface area (TPSA) is 9.23 Å². The van der Waals surface area contributed by atoms with Crippen LogP contribution in [0.4, 0.5) is 0 Å². The SMILES string of the molecule is CCO[SiH](C)CCCP. The zero-order chi connectivity index (χ0) is 7.11. The van der Waals surface area contributed by atoms with Gasteiger partial charge in [0, 0.05) is 6.61 Å². The minimum Gasteiger partial charge on any atom is -0.421 e. The van der Waals surface area contributed by atoms with Crippen LogP contribution in [-0.4, -0.2) is 21.8 Å². The van der Waals surface area contributed by atoms with Crippen molar-refractivity contribution in [2.45, 2.75) is 25.9 Å². The van der Waals surface area contributed by atoms with E-state index in [2.05, 4.69) is 22.7 Å². The standard InChI is InChI=1S/C6H17OPSi/c1-3-7-9(2)6-4-5-8/h9H,3-6,8H2,1-2H3. The van der Waals surface area contributed by atoms with Crippen LogP contribution in [0, 0.1) is 0 Å². The van der Waals surface area contributed by atoms with Crippen LogP contribution in [-0.2, 0) is 4.43 Å². The molecular weight excluding hydrogens is 147 g/mol. The summed E-state index contributed by atoms with van der Waals surface area (Å²) >= 11 is 0. The molecule has 0 rings (SSSR count). The molecule has 0 bridgehead atoms. The predicted octanol–water partition coefficient (Wildman–Crippen LogP) is 1.64. The highest BCUT2D eigenvalue weighted by molar-refractivity contribution is 7.16. The number of hydrogen-bond acceptors (Lipinski definition) is 1. The second kappa shape index (κ2) is 6.72. The van der Waals surface area contributed by atoms with Crippen molar-refractivity contribution in [3.05, 3.63) is 0 Å². The third kappa shape index (κ3) is 6.49. The van der Waals surface area contributed by atoms with Crippen molar-refractivity contribution in [2.75, 3.05) is 12.8 Å². The Morgan fingerprint density at radius 2 is 2.22 bits per heavy atom. The maximum Gasteiger partial charge on any atom is 0.173 e. The van der Waals surface area contributed by atoms with E-state index in [1.807, 2.05) is 0 Å². The fourth-order valence-corrected chi connectivity index (χ4v) is 3.03. The maximum absolute atomic E-state index is 5.47. The van der Waals surface area contributed by atoms with Crippen molar-refractivity contribution in [1.29, 1.82) is 0 Å². The van der Waals surface area contributed by atoms with E-state index < -0.39 is 9.04 Å². The summed E-state index contributed by atoms with van der Waals surface area (Å²) in [5.41, 5.74) is 0. The molecule has 0 fully saturated rings. The van der Waals surface area contributed by atoms with Crippen LogP contribution in [0.1, 0.15) is 13.3 Å². The van der Waals surface area contributed by atoms with Crippen molar-refractivity contribution in [3.63, 3.8) is 0 Å². The Morgan fingerprint density at radius 3 is 2.67 bits per heavy atom. The molecule has 0 amide bonds. The Bertz CT molecular complexity index is 61.0. The normalized spacial score (nSPS) is 13.7. The summed E-state index contributed by atoms with van der Waals surface area (Å²) in [4.78, 5) is 0. The van der Waals surface area contributed by atoms with Gasteiger partial charge in [-0.1, -0.05) is 6.42 Å². The van der Waals surface area contributed by atoms with Gasteiger partial charge in [0.05, 0.1) is 0 Å². The first kappa shape index (κ1) is 9.61. The summed E-state index contributed by atoms with van der Waals surface area (Å²) < 4.78 is 5.47. The molecule has 2 unspecified atom stereocenters. The predicted molar refractivity (Wildman–Crippen MR) is 48.6 cm³/mol. The molecule has 0 aliphatic heterocycles. The second-order valence-corrected chi connectivity index (χ2v) is 5.31. The van der Waals surface area contributed by atoms with Crippen LogP contribution in [0.2, 0.25) is 12.6 Å². The Kier molecular flexibility index (Phi) is 7.18. The highest BCUT2D eigenvalue weighted by atomic mass is 31.0. The average molecular weight is 164 g/mol. The molecule has 56 valence electrons. The zero-order valence-electron chi connectivity index (χ0n) is 6.39. The van der Waals surface area contributed by atoms with Gasteiger partial charge in [-0.3, -0.25) is 0 Å². The van der Waals surface area contributed by atoms with E-state index in [-0.39, 0.29) is 0 Å². The monoisotopic (exact) mass is 164 g/mol. The van der Waals surface area contributed by atoms with Crippen LogP contribution in [0.3, 0.4) is 0 Å². The molecule has 2 atom stereocenters. The zero-order valence-corrected chi connectivity index (χ0v) is 8.70. The summed E-state index contributed by atoms with van der Waals surface area (Å²) in [5.74, 6) is 0. The van der Waals surface area contributed by atoms with E-state index in [0.29, 0.717) is 0 Å². The molecule has 0 N–H and O–H groups in total. The van der Waals surface area contributed by atoms with E-state index in [4.69, 9.17) is 4.43 Å². The lowest BCUT2D eigenvalue weighted by atomic mass is 10.6. The van der Waals surface area contributed by atoms with Gasteiger partial charge in [0.1, 0.15) is 0 Å². The maximum atomic E-state index is 5.47. The molecule has 0 aromatic rings. The molecule has 0 aromatic carbocycles. The lowest BCUT2D eigenvalue weighted by molar-refractivity contribution is 0.345. The van der Waals surface area contributed by atoms with Gasteiger partial charge in [0.25, 0.3) is 0 Å². The van der Waals surface area contributed by atoms with E-state index in [1.165, 1.54) is 18.6 Å². The second-order valence-electron chi connectivity index (χ2n) is 2.20. The van der Waals surface area contributed by atoms with Crippen LogP contribution in [0.5, 0.6) is 0 Å². The molecule has 0 saturated heterocycles. The van der Waals surface area contributed by atoms with E-state index >= 15 is 0 Å². The molecular formula is C6H17OPSi. The first-order valence-electron chi connectivity index (χ1n) is 3.63. The Morgan fingerprint density at radius 1 is 1.56 bits per heavy atom. The minimum atomic E-state index is -0.733. The third-order valence-corrected chi connectivity index (χ3v) is 3.80. The summed E-state index contributed by atoms with van der Waals surface area (Å²) in [6.07, 6.45) is 2.54. The molecule has 0 heterocycles. The molecule has 0 saturated carbocycles. The van der Waals surface area contributed by atoms with Gasteiger partial charge in [0.2, 0.25) is 0 Å². The van der Waals surface area contributed by atoms with Crippen molar-refractivity contribution >= 4 is 18.3 Å². The fourth-order valence-electron chi connectivity index (χ4n) is 0.773. The van der Waals surface area contributed by atoms with Gasteiger partial charge in [0.15, 0.2) is 9.04 Å². The third-order valence-electron chi connectivity index (χ3n) is 1.27. The molecule has 0 aliphatic rings. The van der Waals surface area contributed by atoms with Gasteiger partial charge in [-0.25, -0.2) is 0 Å². The van der Waals surface area contributed by atoms with E-state index in [0.717, 1.165) is 6.61 Å². The van der Waals surface area contributed by atoms with Gasteiger partial charge < -0.3 is 4.43 Å². The first-order valence-corrected chi connectivity index (χ1v) is 6.88. The highest BCUT2D eigenvalue weighted by Gasteiger charge is 2.00. The molecule has 0 aromatic heterocycles. The van der Waals surface area contributed by atoms with E-state index in [9.17, 15) is 0 Å². The summed E-state index contributed by atoms with van der Waals surface area (Å²) in [5, 5.41) is 0. The van der Waals surface area contributed by atoms with Gasteiger partial charge in [-0.15, -0.1) is 9.24 Å².